The number of hydrogen-bond donors (Lipinski definition) is 2. The van der Waals surface area contributed by atoms with Crippen molar-refractivity contribution in [1.82, 2.24) is 10.2 Å². The van der Waals surface area contributed by atoms with Crippen LogP contribution in [-0.4, -0.2) is 49.3 Å². The summed E-state index contributed by atoms with van der Waals surface area (Å²) < 4.78 is 10.4. The molecule has 0 spiro atoms. The van der Waals surface area contributed by atoms with Gasteiger partial charge < -0.3 is 19.9 Å². The van der Waals surface area contributed by atoms with E-state index in [-0.39, 0.29) is 19.1 Å². The van der Waals surface area contributed by atoms with Crippen LogP contribution < -0.4 is 14.8 Å². The third-order valence-electron chi connectivity index (χ3n) is 3.91. The highest BCUT2D eigenvalue weighted by Crippen LogP contribution is 2.37. The van der Waals surface area contributed by atoms with E-state index in [1.165, 1.54) is 14.2 Å². The van der Waals surface area contributed by atoms with Gasteiger partial charge in [0.25, 0.3) is 5.91 Å². The molecule has 2 rings (SSSR count). The highest BCUT2D eigenvalue weighted by atomic mass is 16.5. The van der Waals surface area contributed by atoms with E-state index < -0.39 is 11.6 Å². The number of benzene rings is 1. The Labute approximate surface area is 128 Å². The number of β-amino-alcohol motifs (C(OH)–C–C–N with tert-alkyl or cyclic N) is 1. The first-order valence-corrected chi connectivity index (χ1v) is 7.01. The molecule has 0 bridgehead atoms. The molecule has 1 aromatic rings. The zero-order valence-electron chi connectivity index (χ0n) is 12.9. The van der Waals surface area contributed by atoms with Crippen molar-refractivity contribution in [2.24, 2.45) is 0 Å². The summed E-state index contributed by atoms with van der Waals surface area (Å²) in [6.07, 6.45) is 0.384. The topological polar surface area (TPSA) is 88.1 Å². The van der Waals surface area contributed by atoms with Gasteiger partial charge in [-0.3, -0.25) is 9.69 Å². The minimum absolute atomic E-state index is 0.0281. The van der Waals surface area contributed by atoms with Crippen molar-refractivity contribution < 1.29 is 24.2 Å². The summed E-state index contributed by atoms with van der Waals surface area (Å²) in [5.41, 5.74) is -0.530. The molecule has 7 nitrogen and oxygen atoms in total. The molecule has 1 aliphatic heterocycles. The standard InChI is InChI=1S/C15H20N2O5/c1-4-15(13(19)17(7-8-18)14(20)16-15)10-5-6-11(21-2)12(9-10)22-3/h5-6,9,18H,4,7-8H2,1-3H3,(H,16,20). The highest BCUT2D eigenvalue weighted by Gasteiger charge is 2.51. The maximum atomic E-state index is 12.7. The molecule has 0 aliphatic carbocycles. The first-order valence-electron chi connectivity index (χ1n) is 7.01. The molecular weight excluding hydrogens is 288 g/mol. The first-order chi connectivity index (χ1) is 10.5. The van der Waals surface area contributed by atoms with E-state index in [1.54, 1.807) is 18.2 Å². The lowest BCUT2D eigenvalue weighted by atomic mass is 9.87. The van der Waals surface area contributed by atoms with Gasteiger partial charge in [0.1, 0.15) is 5.54 Å². The molecule has 1 unspecified atom stereocenters. The van der Waals surface area contributed by atoms with E-state index >= 15 is 0 Å². The van der Waals surface area contributed by atoms with Gasteiger partial charge in [-0.25, -0.2) is 4.79 Å². The summed E-state index contributed by atoms with van der Waals surface area (Å²) in [5.74, 6) is 0.651. The van der Waals surface area contributed by atoms with Crippen LogP contribution >= 0.6 is 0 Å². The number of methoxy groups -OCH3 is 2. The molecule has 22 heavy (non-hydrogen) atoms. The summed E-state index contributed by atoms with van der Waals surface area (Å²) in [5, 5.41) is 11.8. The van der Waals surface area contributed by atoms with Gasteiger partial charge >= 0.3 is 6.03 Å². The summed E-state index contributed by atoms with van der Waals surface area (Å²) in [6, 6.07) is 4.60. The number of hydrogen-bond acceptors (Lipinski definition) is 5. The minimum Gasteiger partial charge on any atom is -0.493 e. The Morgan fingerprint density at radius 1 is 1.23 bits per heavy atom. The Kier molecular flexibility index (Phi) is 4.56. The summed E-state index contributed by atoms with van der Waals surface area (Å²) >= 11 is 0. The first kappa shape index (κ1) is 16.1. The number of nitrogens with zero attached hydrogens (tertiary/aromatic N) is 1. The second-order valence-corrected chi connectivity index (χ2v) is 4.94. The molecule has 1 aliphatic rings. The third-order valence-corrected chi connectivity index (χ3v) is 3.91. The van der Waals surface area contributed by atoms with Gasteiger partial charge in [-0.15, -0.1) is 0 Å². The summed E-state index contributed by atoms with van der Waals surface area (Å²) in [6.45, 7) is 1.52. The lowest BCUT2D eigenvalue weighted by Gasteiger charge is -2.26. The summed E-state index contributed by atoms with van der Waals surface area (Å²) in [4.78, 5) is 25.7. The molecule has 1 atom stereocenters. The van der Waals surface area contributed by atoms with Crippen LogP contribution in [0.2, 0.25) is 0 Å². The molecule has 3 amide bonds. The van der Waals surface area contributed by atoms with Crippen LogP contribution in [0.5, 0.6) is 11.5 Å². The van der Waals surface area contributed by atoms with Crippen LogP contribution in [-0.2, 0) is 10.3 Å². The molecule has 2 N–H and O–H groups in total. The van der Waals surface area contributed by atoms with Crippen molar-refractivity contribution >= 4 is 11.9 Å². The third kappa shape index (κ3) is 2.37. The van der Waals surface area contributed by atoms with Gasteiger partial charge in [0.15, 0.2) is 11.5 Å². The fourth-order valence-electron chi connectivity index (χ4n) is 2.67. The van der Waals surface area contributed by atoms with Gasteiger partial charge in [0.05, 0.1) is 27.4 Å². The number of aliphatic hydroxyl groups excluding tert-OH is 1. The van der Waals surface area contributed by atoms with Gasteiger partial charge in [0, 0.05) is 0 Å². The monoisotopic (exact) mass is 308 g/mol. The Hall–Kier alpha value is -2.28. The molecular formula is C15H20N2O5. The Morgan fingerprint density at radius 3 is 2.45 bits per heavy atom. The van der Waals surface area contributed by atoms with E-state index in [1.807, 2.05) is 6.92 Å². The normalized spacial score (nSPS) is 21.0. The van der Waals surface area contributed by atoms with Crippen LogP contribution in [0.3, 0.4) is 0 Å². The average molecular weight is 308 g/mol. The van der Waals surface area contributed by atoms with E-state index in [0.29, 0.717) is 23.5 Å². The Bertz CT molecular complexity index is 589. The largest absolute Gasteiger partial charge is 0.493 e. The molecule has 0 aromatic heterocycles. The number of aliphatic hydroxyl groups is 1. The SMILES string of the molecule is CCC1(c2ccc(OC)c(OC)c2)NC(=O)N(CCO)C1=O. The van der Waals surface area contributed by atoms with E-state index in [9.17, 15) is 9.59 Å². The second-order valence-electron chi connectivity index (χ2n) is 4.94. The molecule has 1 saturated heterocycles. The van der Waals surface area contributed by atoms with Gasteiger partial charge in [-0.05, 0) is 24.1 Å². The lowest BCUT2D eigenvalue weighted by Crippen LogP contribution is -2.43. The van der Waals surface area contributed by atoms with Crippen LogP contribution in [0.25, 0.3) is 0 Å². The van der Waals surface area contributed by atoms with E-state index in [2.05, 4.69) is 5.32 Å². The Morgan fingerprint density at radius 2 is 1.91 bits per heavy atom. The number of carbonyl (C=O) groups is 2. The molecule has 0 radical (unpaired) electrons. The van der Waals surface area contributed by atoms with Gasteiger partial charge in [0.2, 0.25) is 0 Å². The van der Waals surface area contributed by atoms with Crippen LogP contribution in [0, 0.1) is 0 Å². The highest BCUT2D eigenvalue weighted by molar-refractivity contribution is 6.07. The average Bonchev–Trinajstić information content (AvgIpc) is 2.79. The minimum atomic E-state index is -1.15. The van der Waals surface area contributed by atoms with Crippen LogP contribution in [0.4, 0.5) is 4.79 Å². The second kappa shape index (κ2) is 6.23. The van der Waals surface area contributed by atoms with Crippen LogP contribution in [0.15, 0.2) is 18.2 Å². The van der Waals surface area contributed by atoms with Crippen molar-refractivity contribution in [2.75, 3.05) is 27.4 Å². The zero-order chi connectivity index (χ0) is 16.3. The fraction of sp³-hybridized carbons (Fsp3) is 0.467. The number of urea groups is 1. The van der Waals surface area contributed by atoms with E-state index in [4.69, 9.17) is 14.6 Å². The number of nitrogens with one attached hydrogen (secondary N) is 1. The molecule has 7 heteroatoms. The quantitative estimate of drug-likeness (QED) is 0.761. The van der Waals surface area contributed by atoms with Crippen LogP contribution in [0.1, 0.15) is 18.9 Å². The molecule has 120 valence electrons. The fourth-order valence-corrected chi connectivity index (χ4v) is 2.67. The number of carbonyl (C=O) groups excluding carboxylic acids is 2. The maximum absolute atomic E-state index is 12.7. The molecule has 1 aromatic carbocycles. The van der Waals surface area contributed by atoms with Gasteiger partial charge in [-0.2, -0.15) is 0 Å². The lowest BCUT2D eigenvalue weighted by molar-refractivity contribution is -0.132. The smallest absolute Gasteiger partial charge is 0.325 e. The molecule has 1 fully saturated rings. The number of rotatable bonds is 6. The summed E-state index contributed by atoms with van der Waals surface area (Å²) in [7, 11) is 3.03. The van der Waals surface area contributed by atoms with Crippen molar-refractivity contribution in [3.8, 4) is 11.5 Å². The van der Waals surface area contributed by atoms with Crippen molar-refractivity contribution in [2.45, 2.75) is 18.9 Å². The number of imide groups is 1. The molecule has 0 saturated carbocycles. The van der Waals surface area contributed by atoms with Gasteiger partial charge in [-0.1, -0.05) is 13.0 Å². The maximum Gasteiger partial charge on any atom is 0.325 e. The predicted molar refractivity (Wildman–Crippen MR) is 78.8 cm³/mol. The predicted octanol–water partition coefficient (Wildman–Crippen LogP) is 0.853. The number of amides is 3. The van der Waals surface area contributed by atoms with Crippen molar-refractivity contribution in [1.29, 1.82) is 0 Å². The van der Waals surface area contributed by atoms with E-state index in [0.717, 1.165) is 4.90 Å². The zero-order valence-corrected chi connectivity index (χ0v) is 12.9. The van der Waals surface area contributed by atoms with Crippen molar-refractivity contribution in [3.63, 3.8) is 0 Å². The van der Waals surface area contributed by atoms with Crippen molar-refractivity contribution in [3.05, 3.63) is 23.8 Å². The Balaban J connectivity index is 2.48. The number of ether oxygens (including phenoxy) is 2. The molecule has 1 heterocycles.